The first-order chi connectivity index (χ1) is 28.3. The SMILES string of the molecule is c1ccc(-c2ccc3c4ccccc4n(-c4ccc5c(c4)c4cc(-n6c7ccccc7c7ccc(-c8ccccc8)cc76)ccc4n5-c4ccccc4)c3c2)cc1. The minimum atomic E-state index is 1.14. The van der Waals surface area contributed by atoms with E-state index in [1.165, 1.54) is 87.7 Å². The lowest BCUT2D eigenvalue weighted by atomic mass is 10.0. The molecule has 0 aliphatic heterocycles. The standard InChI is InChI=1S/C54H35N3/c1-4-14-36(15-5-1)38-24-28-45-43-20-10-12-22-49(43)56(53(45)32-38)41-26-30-51-47(34-41)48-35-42(27-31-52(48)55(51)40-18-8-3-9-19-40)57-50-23-13-11-21-44(50)46-29-25-39(33-54(46)57)37-16-6-2-7-17-37/h1-35H. The van der Waals surface area contributed by atoms with Crippen LogP contribution in [0.4, 0.5) is 0 Å². The molecule has 0 bridgehead atoms. The summed E-state index contributed by atoms with van der Waals surface area (Å²) in [5.74, 6) is 0. The fourth-order valence-electron chi connectivity index (χ4n) is 9.25. The molecule has 0 unspecified atom stereocenters. The number of hydrogen-bond acceptors (Lipinski definition) is 0. The van der Waals surface area contributed by atoms with Crippen LogP contribution in [0.5, 0.6) is 0 Å². The molecular formula is C54H35N3. The quantitative estimate of drug-likeness (QED) is 0.168. The third-order valence-electron chi connectivity index (χ3n) is 11.8. The summed E-state index contributed by atoms with van der Waals surface area (Å²) < 4.78 is 7.31. The largest absolute Gasteiger partial charge is 0.309 e. The van der Waals surface area contributed by atoms with Crippen LogP contribution in [0.25, 0.3) is 105 Å². The molecule has 3 heterocycles. The number of nitrogens with zero attached hydrogens (tertiary/aromatic N) is 3. The van der Waals surface area contributed by atoms with E-state index in [0.717, 1.165) is 17.1 Å². The molecule has 266 valence electrons. The highest BCUT2D eigenvalue weighted by Crippen LogP contribution is 2.40. The van der Waals surface area contributed by atoms with E-state index in [1.807, 2.05) is 0 Å². The van der Waals surface area contributed by atoms with E-state index < -0.39 is 0 Å². The molecule has 3 aromatic heterocycles. The molecule has 9 aromatic carbocycles. The molecule has 0 saturated carbocycles. The second-order valence-corrected chi connectivity index (χ2v) is 15.0. The van der Waals surface area contributed by atoms with Crippen LogP contribution in [-0.2, 0) is 0 Å². The van der Waals surface area contributed by atoms with E-state index in [0.29, 0.717) is 0 Å². The van der Waals surface area contributed by atoms with Crippen LogP contribution in [0.1, 0.15) is 0 Å². The van der Waals surface area contributed by atoms with E-state index in [-0.39, 0.29) is 0 Å². The Labute approximate surface area is 329 Å². The van der Waals surface area contributed by atoms with E-state index in [1.54, 1.807) is 0 Å². The lowest BCUT2D eigenvalue weighted by molar-refractivity contribution is 1.16. The van der Waals surface area contributed by atoms with Crippen LogP contribution in [-0.4, -0.2) is 13.7 Å². The Bertz CT molecular complexity index is 3280. The number of fused-ring (bicyclic) bond motifs is 9. The summed E-state index contributed by atoms with van der Waals surface area (Å²) in [6, 6.07) is 77.5. The van der Waals surface area contributed by atoms with Gasteiger partial charge in [0.2, 0.25) is 0 Å². The van der Waals surface area contributed by atoms with Gasteiger partial charge < -0.3 is 13.7 Å². The van der Waals surface area contributed by atoms with Gasteiger partial charge in [0.05, 0.1) is 33.1 Å². The molecular weight excluding hydrogens is 691 g/mol. The molecule has 0 aliphatic rings. The number of aromatic nitrogens is 3. The first-order valence-electron chi connectivity index (χ1n) is 19.6. The monoisotopic (exact) mass is 725 g/mol. The third-order valence-corrected chi connectivity index (χ3v) is 11.8. The first kappa shape index (κ1) is 31.7. The van der Waals surface area contributed by atoms with Crippen LogP contribution in [0, 0.1) is 0 Å². The molecule has 0 spiro atoms. The second-order valence-electron chi connectivity index (χ2n) is 15.0. The summed E-state index contributed by atoms with van der Waals surface area (Å²) >= 11 is 0. The summed E-state index contributed by atoms with van der Waals surface area (Å²) in [7, 11) is 0. The van der Waals surface area contributed by atoms with Crippen molar-refractivity contribution in [1.82, 2.24) is 13.7 Å². The third kappa shape index (κ3) is 4.86. The molecule has 0 N–H and O–H groups in total. The van der Waals surface area contributed by atoms with Gasteiger partial charge in [-0.25, -0.2) is 0 Å². The normalized spacial score (nSPS) is 11.9. The average molecular weight is 726 g/mol. The van der Waals surface area contributed by atoms with Crippen molar-refractivity contribution in [2.45, 2.75) is 0 Å². The van der Waals surface area contributed by atoms with Crippen LogP contribution < -0.4 is 0 Å². The van der Waals surface area contributed by atoms with E-state index in [2.05, 4.69) is 226 Å². The molecule has 0 atom stereocenters. The Morgan fingerprint density at radius 3 is 1.04 bits per heavy atom. The summed E-state index contributed by atoms with van der Waals surface area (Å²) in [5, 5.41) is 7.43. The van der Waals surface area contributed by atoms with Crippen LogP contribution in [0.3, 0.4) is 0 Å². The fourth-order valence-corrected chi connectivity index (χ4v) is 9.25. The topological polar surface area (TPSA) is 14.8 Å². The number of benzene rings is 9. The predicted octanol–water partition coefficient (Wildman–Crippen LogP) is 14.3. The van der Waals surface area contributed by atoms with Gasteiger partial charge in [0, 0.05) is 49.4 Å². The molecule has 0 amide bonds. The van der Waals surface area contributed by atoms with E-state index in [9.17, 15) is 0 Å². The zero-order chi connectivity index (χ0) is 37.5. The number of rotatable bonds is 5. The van der Waals surface area contributed by atoms with Gasteiger partial charge in [-0.1, -0.05) is 140 Å². The Hall–Kier alpha value is -7.62. The molecule has 0 aliphatic carbocycles. The van der Waals surface area contributed by atoms with Gasteiger partial charge in [-0.05, 0) is 95.1 Å². The second kappa shape index (κ2) is 12.5. The maximum Gasteiger partial charge on any atom is 0.0547 e. The summed E-state index contributed by atoms with van der Waals surface area (Å²) in [6.45, 7) is 0. The van der Waals surface area contributed by atoms with Gasteiger partial charge in [0.15, 0.2) is 0 Å². The zero-order valence-corrected chi connectivity index (χ0v) is 31.0. The lowest BCUT2D eigenvalue weighted by Crippen LogP contribution is -1.96. The summed E-state index contributed by atoms with van der Waals surface area (Å²) in [5.41, 5.74) is 15.4. The maximum atomic E-state index is 2.45. The molecule has 0 saturated heterocycles. The van der Waals surface area contributed by atoms with Gasteiger partial charge in [0.1, 0.15) is 0 Å². The van der Waals surface area contributed by atoms with Crippen molar-refractivity contribution in [1.29, 1.82) is 0 Å². The summed E-state index contributed by atoms with van der Waals surface area (Å²) in [4.78, 5) is 0. The highest BCUT2D eigenvalue weighted by molar-refractivity contribution is 6.14. The van der Waals surface area contributed by atoms with Gasteiger partial charge in [0.25, 0.3) is 0 Å². The van der Waals surface area contributed by atoms with Gasteiger partial charge in [-0.15, -0.1) is 0 Å². The molecule has 3 heteroatoms. The van der Waals surface area contributed by atoms with Gasteiger partial charge >= 0.3 is 0 Å². The molecule has 12 aromatic rings. The zero-order valence-electron chi connectivity index (χ0n) is 31.0. The molecule has 0 fully saturated rings. The molecule has 57 heavy (non-hydrogen) atoms. The van der Waals surface area contributed by atoms with Gasteiger partial charge in [-0.2, -0.15) is 0 Å². The van der Waals surface area contributed by atoms with Crippen LogP contribution in [0.2, 0.25) is 0 Å². The highest BCUT2D eigenvalue weighted by atomic mass is 15.0. The molecule has 3 nitrogen and oxygen atoms in total. The van der Waals surface area contributed by atoms with E-state index in [4.69, 9.17) is 0 Å². The van der Waals surface area contributed by atoms with Crippen molar-refractivity contribution in [3.05, 3.63) is 212 Å². The van der Waals surface area contributed by atoms with Crippen molar-refractivity contribution >= 4 is 65.4 Å². The number of hydrogen-bond donors (Lipinski definition) is 0. The average Bonchev–Trinajstić information content (AvgIpc) is 3.92. The van der Waals surface area contributed by atoms with Crippen LogP contribution in [0.15, 0.2) is 212 Å². The Morgan fingerprint density at radius 1 is 0.193 bits per heavy atom. The Balaban J connectivity index is 1.14. The first-order valence-corrected chi connectivity index (χ1v) is 19.6. The van der Waals surface area contributed by atoms with E-state index >= 15 is 0 Å². The van der Waals surface area contributed by atoms with Gasteiger partial charge in [-0.3, -0.25) is 0 Å². The minimum absolute atomic E-state index is 1.14. The highest BCUT2D eigenvalue weighted by Gasteiger charge is 2.19. The predicted molar refractivity (Wildman–Crippen MR) is 240 cm³/mol. The van der Waals surface area contributed by atoms with Crippen molar-refractivity contribution < 1.29 is 0 Å². The fraction of sp³-hybridized carbons (Fsp3) is 0. The molecule has 0 radical (unpaired) electrons. The maximum absolute atomic E-state index is 2.45. The van der Waals surface area contributed by atoms with Crippen LogP contribution >= 0.6 is 0 Å². The smallest absolute Gasteiger partial charge is 0.0547 e. The minimum Gasteiger partial charge on any atom is -0.309 e. The van der Waals surface area contributed by atoms with Crippen molar-refractivity contribution in [3.8, 4) is 39.3 Å². The Morgan fingerprint density at radius 2 is 0.561 bits per heavy atom. The lowest BCUT2D eigenvalue weighted by Gasteiger charge is -2.11. The Kier molecular flexibility index (Phi) is 6.93. The van der Waals surface area contributed by atoms with Crippen molar-refractivity contribution in [2.24, 2.45) is 0 Å². The number of para-hydroxylation sites is 3. The molecule has 12 rings (SSSR count). The van der Waals surface area contributed by atoms with Crippen molar-refractivity contribution in [2.75, 3.05) is 0 Å². The van der Waals surface area contributed by atoms with Crippen molar-refractivity contribution in [3.63, 3.8) is 0 Å². The summed E-state index contributed by atoms with van der Waals surface area (Å²) in [6.07, 6.45) is 0.